The van der Waals surface area contributed by atoms with E-state index in [9.17, 15) is 14.4 Å². The van der Waals surface area contributed by atoms with Crippen LogP contribution in [0.25, 0.3) is 0 Å². The summed E-state index contributed by atoms with van der Waals surface area (Å²) in [6, 6.07) is 12.7. The number of hydrogen-bond acceptors (Lipinski definition) is 6. The van der Waals surface area contributed by atoms with Gasteiger partial charge in [0.05, 0.1) is 18.6 Å². The number of rotatable bonds is 5. The predicted molar refractivity (Wildman–Crippen MR) is 122 cm³/mol. The van der Waals surface area contributed by atoms with E-state index in [4.69, 9.17) is 4.74 Å². The minimum Gasteiger partial charge on any atom is -0.497 e. The molecular formula is C23H23N5O4. The van der Waals surface area contributed by atoms with E-state index < -0.39 is 17.4 Å². The molecule has 0 radical (unpaired) electrons. The molecule has 0 saturated heterocycles. The van der Waals surface area contributed by atoms with Gasteiger partial charge in [-0.3, -0.25) is 19.4 Å². The number of fused-ring (bicyclic) bond motifs is 1. The Morgan fingerprint density at radius 1 is 1.06 bits per heavy atom. The molecule has 1 atom stereocenters. The third kappa shape index (κ3) is 4.46. The number of aromatic amines is 1. The van der Waals surface area contributed by atoms with Crippen molar-refractivity contribution in [1.29, 1.82) is 0 Å². The Hall–Kier alpha value is -4.14. The van der Waals surface area contributed by atoms with Crippen molar-refractivity contribution in [3.05, 3.63) is 69.5 Å². The first-order chi connectivity index (χ1) is 15.3. The number of methoxy groups -OCH3 is 1. The van der Waals surface area contributed by atoms with E-state index in [-0.39, 0.29) is 29.7 Å². The van der Waals surface area contributed by atoms with Gasteiger partial charge in [-0.15, -0.1) is 0 Å². The van der Waals surface area contributed by atoms with Crippen LogP contribution in [0.4, 0.5) is 23.1 Å². The van der Waals surface area contributed by atoms with Gasteiger partial charge >= 0.3 is 0 Å². The molecular weight excluding hydrogens is 410 g/mol. The van der Waals surface area contributed by atoms with Crippen LogP contribution in [0.3, 0.4) is 0 Å². The van der Waals surface area contributed by atoms with E-state index in [0.29, 0.717) is 17.1 Å². The van der Waals surface area contributed by atoms with Crippen LogP contribution in [0.15, 0.2) is 47.3 Å². The Labute approximate surface area is 184 Å². The van der Waals surface area contributed by atoms with E-state index in [0.717, 1.165) is 11.1 Å². The largest absolute Gasteiger partial charge is 0.497 e. The van der Waals surface area contributed by atoms with Crippen LogP contribution in [0.5, 0.6) is 5.75 Å². The highest BCUT2D eigenvalue weighted by Gasteiger charge is 2.34. The number of amides is 2. The number of ether oxygens (including phenoxy) is 1. The minimum atomic E-state index is -0.953. The average Bonchev–Trinajstić information content (AvgIpc) is 2.72. The van der Waals surface area contributed by atoms with Gasteiger partial charge in [0.1, 0.15) is 11.6 Å². The Bertz CT molecular complexity index is 1230. The Balaban J connectivity index is 1.62. The van der Waals surface area contributed by atoms with Crippen LogP contribution in [0.1, 0.15) is 29.0 Å². The quantitative estimate of drug-likeness (QED) is 0.490. The van der Waals surface area contributed by atoms with Crippen molar-refractivity contribution in [2.24, 2.45) is 0 Å². The molecule has 3 aromatic rings. The van der Waals surface area contributed by atoms with E-state index in [1.54, 1.807) is 31.4 Å². The number of anilines is 4. The molecule has 4 rings (SSSR count). The van der Waals surface area contributed by atoms with Gasteiger partial charge in [-0.1, -0.05) is 6.07 Å². The molecule has 1 aliphatic heterocycles. The lowest BCUT2D eigenvalue weighted by Gasteiger charge is -2.24. The number of nitrogens with zero attached hydrogens (tertiary/aromatic N) is 1. The summed E-state index contributed by atoms with van der Waals surface area (Å²) in [5.74, 6) is -0.866. The molecule has 0 aliphatic carbocycles. The van der Waals surface area contributed by atoms with E-state index in [1.807, 2.05) is 32.0 Å². The fourth-order valence-corrected chi connectivity index (χ4v) is 3.74. The average molecular weight is 433 g/mol. The number of hydrogen-bond donors (Lipinski definition) is 4. The van der Waals surface area contributed by atoms with Crippen LogP contribution < -0.4 is 26.2 Å². The van der Waals surface area contributed by atoms with Gasteiger partial charge in [0.25, 0.3) is 5.56 Å². The van der Waals surface area contributed by atoms with Crippen LogP contribution >= 0.6 is 0 Å². The van der Waals surface area contributed by atoms with Crippen LogP contribution in [0, 0.1) is 13.8 Å². The molecule has 2 aromatic carbocycles. The van der Waals surface area contributed by atoms with Gasteiger partial charge in [-0.05, 0) is 61.4 Å². The maximum Gasteiger partial charge on any atom is 0.258 e. The second kappa shape index (κ2) is 8.54. The lowest BCUT2D eigenvalue weighted by atomic mass is 9.92. The first-order valence-electron chi connectivity index (χ1n) is 10.1. The fourth-order valence-electron chi connectivity index (χ4n) is 3.74. The van der Waals surface area contributed by atoms with Crippen molar-refractivity contribution in [3.63, 3.8) is 0 Å². The first kappa shape index (κ1) is 21.1. The fraction of sp³-hybridized carbons (Fsp3) is 0.217. The van der Waals surface area contributed by atoms with Crippen LogP contribution in [0.2, 0.25) is 0 Å². The Kier molecular flexibility index (Phi) is 5.63. The number of carbonyl (C=O) groups excluding carboxylic acids is 2. The summed E-state index contributed by atoms with van der Waals surface area (Å²) >= 11 is 0. The summed E-state index contributed by atoms with van der Waals surface area (Å²) in [4.78, 5) is 45.1. The number of aryl methyl sites for hydroxylation is 2. The SMILES string of the molecule is COc1ccc(Nc2nc3c(c(=O)[nH]2)[C@@H](C(=O)Nc2cc(C)cc(C)c2)CC(=O)N3)cc1. The molecule has 32 heavy (non-hydrogen) atoms. The first-order valence-corrected chi connectivity index (χ1v) is 10.1. The van der Waals surface area contributed by atoms with Gasteiger partial charge in [0.2, 0.25) is 17.8 Å². The molecule has 0 unspecified atom stereocenters. The Morgan fingerprint density at radius 3 is 2.41 bits per heavy atom. The van der Waals surface area contributed by atoms with Gasteiger partial charge in [0, 0.05) is 17.8 Å². The zero-order chi connectivity index (χ0) is 22.8. The van der Waals surface area contributed by atoms with Crippen molar-refractivity contribution in [1.82, 2.24) is 9.97 Å². The monoisotopic (exact) mass is 433 g/mol. The highest BCUT2D eigenvalue weighted by atomic mass is 16.5. The normalized spacial score (nSPS) is 14.8. The van der Waals surface area contributed by atoms with Gasteiger partial charge in [0.15, 0.2) is 0 Å². The van der Waals surface area contributed by atoms with Crippen molar-refractivity contribution < 1.29 is 14.3 Å². The molecule has 2 heterocycles. The van der Waals surface area contributed by atoms with Gasteiger partial charge in [-0.2, -0.15) is 4.98 Å². The van der Waals surface area contributed by atoms with Crippen LogP contribution in [-0.4, -0.2) is 28.9 Å². The lowest BCUT2D eigenvalue weighted by molar-refractivity contribution is -0.123. The number of H-pyrrole nitrogens is 1. The number of benzene rings is 2. The maximum atomic E-state index is 13.0. The summed E-state index contributed by atoms with van der Waals surface area (Å²) in [5.41, 5.74) is 2.91. The second-order valence-electron chi connectivity index (χ2n) is 7.70. The van der Waals surface area contributed by atoms with E-state index in [2.05, 4.69) is 25.9 Å². The highest BCUT2D eigenvalue weighted by Crippen LogP contribution is 2.30. The molecule has 4 N–H and O–H groups in total. The number of aromatic nitrogens is 2. The summed E-state index contributed by atoms with van der Waals surface area (Å²) in [7, 11) is 1.57. The van der Waals surface area contributed by atoms with Crippen molar-refractivity contribution >= 4 is 35.0 Å². The molecule has 1 aromatic heterocycles. The van der Waals surface area contributed by atoms with Crippen molar-refractivity contribution in [2.75, 3.05) is 23.1 Å². The maximum absolute atomic E-state index is 13.0. The molecule has 0 spiro atoms. The van der Waals surface area contributed by atoms with E-state index >= 15 is 0 Å². The molecule has 1 aliphatic rings. The Morgan fingerprint density at radius 2 is 1.75 bits per heavy atom. The topological polar surface area (TPSA) is 125 Å². The third-order valence-corrected chi connectivity index (χ3v) is 5.11. The molecule has 0 saturated carbocycles. The second-order valence-corrected chi connectivity index (χ2v) is 7.70. The molecule has 9 heteroatoms. The van der Waals surface area contributed by atoms with Crippen molar-refractivity contribution in [3.8, 4) is 5.75 Å². The molecule has 164 valence electrons. The summed E-state index contributed by atoms with van der Waals surface area (Å²) in [5, 5.41) is 8.41. The van der Waals surface area contributed by atoms with E-state index in [1.165, 1.54) is 0 Å². The van der Waals surface area contributed by atoms with Gasteiger partial charge in [-0.25, -0.2) is 0 Å². The zero-order valence-electron chi connectivity index (χ0n) is 17.9. The standard InChI is InChI=1S/C23H23N5O4/c1-12-8-13(2)10-15(9-12)24-21(30)17-11-18(29)26-20-19(17)22(31)28-23(27-20)25-14-4-6-16(32-3)7-5-14/h4-10,17H,11H2,1-3H3,(H,24,30)(H3,25,26,27,28,29,31)/t17-/m0/s1. The minimum absolute atomic E-state index is 0.0709. The zero-order valence-corrected chi connectivity index (χ0v) is 17.9. The molecule has 9 nitrogen and oxygen atoms in total. The molecule has 0 fully saturated rings. The summed E-state index contributed by atoms with van der Waals surface area (Å²) in [6.07, 6.45) is -0.139. The van der Waals surface area contributed by atoms with Gasteiger partial charge < -0.3 is 20.7 Å². The predicted octanol–water partition coefficient (Wildman–Crippen LogP) is 3.20. The highest BCUT2D eigenvalue weighted by molar-refractivity contribution is 6.04. The smallest absolute Gasteiger partial charge is 0.258 e. The van der Waals surface area contributed by atoms with Crippen LogP contribution in [-0.2, 0) is 9.59 Å². The summed E-state index contributed by atoms with van der Waals surface area (Å²) < 4.78 is 5.13. The number of carbonyl (C=O) groups is 2. The van der Waals surface area contributed by atoms with Crippen molar-refractivity contribution in [2.45, 2.75) is 26.2 Å². The molecule has 0 bridgehead atoms. The third-order valence-electron chi connectivity index (χ3n) is 5.11. The number of nitrogens with one attached hydrogen (secondary N) is 4. The summed E-state index contributed by atoms with van der Waals surface area (Å²) in [6.45, 7) is 3.86. The molecule has 2 amide bonds. The lowest BCUT2D eigenvalue weighted by Crippen LogP contribution is -2.36.